The molecule has 0 unspecified atom stereocenters. The molecule has 0 aromatic heterocycles. The standard InChI is InChI=1S/C15H14N2O2/c1-10-7-12(4-3-11(10)9-16)19-13-5-6-15(18-2)14(17)8-13/h3-8H,17H2,1-2H3. The van der Waals surface area contributed by atoms with E-state index < -0.39 is 0 Å². The summed E-state index contributed by atoms with van der Waals surface area (Å²) in [4.78, 5) is 0. The van der Waals surface area contributed by atoms with Gasteiger partial charge < -0.3 is 15.2 Å². The van der Waals surface area contributed by atoms with E-state index in [0.717, 1.165) is 5.56 Å². The second-order valence-electron chi connectivity index (χ2n) is 4.09. The van der Waals surface area contributed by atoms with Crippen LogP contribution < -0.4 is 15.2 Å². The third kappa shape index (κ3) is 2.78. The van der Waals surface area contributed by atoms with Gasteiger partial charge >= 0.3 is 0 Å². The summed E-state index contributed by atoms with van der Waals surface area (Å²) in [5, 5.41) is 8.87. The number of hydrogen-bond acceptors (Lipinski definition) is 4. The van der Waals surface area contributed by atoms with Crippen LogP contribution in [0.1, 0.15) is 11.1 Å². The predicted molar refractivity (Wildman–Crippen MR) is 73.4 cm³/mol. The van der Waals surface area contributed by atoms with Crippen LogP contribution in [0.4, 0.5) is 5.69 Å². The van der Waals surface area contributed by atoms with E-state index in [1.54, 1.807) is 37.4 Å². The molecule has 0 atom stereocenters. The Hall–Kier alpha value is -2.67. The van der Waals surface area contributed by atoms with Gasteiger partial charge in [0.2, 0.25) is 0 Å². The maximum atomic E-state index is 8.87. The Bertz CT molecular complexity index is 645. The summed E-state index contributed by atoms with van der Waals surface area (Å²) in [6.45, 7) is 1.87. The van der Waals surface area contributed by atoms with Crippen molar-refractivity contribution in [2.75, 3.05) is 12.8 Å². The summed E-state index contributed by atoms with van der Waals surface area (Å²) in [5.41, 5.74) is 7.85. The molecular formula is C15H14N2O2. The molecule has 2 aromatic rings. The number of nitrogens with zero attached hydrogens (tertiary/aromatic N) is 1. The van der Waals surface area contributed by atoms with Crippen molar-refractivity contribution < 1.29 is 9.47 Å². The molecule has 2 rings (SSSR count). The smallest absolute Gasteiger partial charge is 0.142 e. The number of benzene rings is 2. The number of nitrogen functional groups attached to an aromatic ring is 1. The molecule has 0 spiro atoms. The molecule has 4 heteroatoms. The van der Waals surface area contributed by atoms with Gasteiger partial charge in [-0.2, -0.15) is 5.26 Å². The Morgan fingerprint density at radius 3 is 2.37 bits per heavy atom. The molecule has 0 radical (unpaired) electrons. The van der Waals surface area contributed by atoms with Crippen LogP contribution >= 0.6 is 0 Å². The molecule has 4 nitrogen and oxygen atoms in total. The number of anilines is 1. The number of ether oxygens (including phenoxy) is 2. The molecule has 0 saturated heterocycles. The van der Waals surface area contributed by atoms with Crippen LogP contribution in [0.15, 0.2) is 36.4 Å². The fourth-order valence-corrected chi connectivity index (χ4v) is 1.74. The Morgan fingerprint density at radius 2 is 1.79 bits per heavy atom. The minimum atomic E-state index is 0.519. The van der Waals surface area contributed by atoms with E-state index in [0.29, 0.717) is 28.5 Å². The zero-order chi connectivity index (χ0) is 13.8. The summed E-state index contributed by atoms with van der Waals surface area (Å²) in [6.07, 6.45) is 0. The molecule has 0 bridgehead atoms. The second-order valence-corrected chi connectivity index (χ2v) is 4.09. The van der Waals surface area contributed by atoms with Crippen molar-refractivity contribution in [2.45, 2.75) is 6.92 Å². The molecule has 0 amide bonds. The molecule has 0 saturated carbocycles. The van der Waals surface area contributed by atoms with E-state index in [-0.39, 0.29) is 0 Å². The van der Waals surface area contributed by atoms with Crippen LogP contribution in [0.5, 0.6) is 17.2 Å². The largest absolute Gasteiger partial charge is 0.495 e. The first kappa shape index (κ1) is 12.8. The highest BCUT2D eigenvalue weighted by atomic mass is 16.5. The van der Waals surface area contributed by atoms with Gasteiger partial charge in [0.1, 0.15) is 17.2 Å². The number of nitrogens with two attached hydrogens (primary N) is 1. The Labute approximate surface area is 112 Å². The lowest BCUT2D eigenvalue weighted by molar-refractivity contribution is 0.415. The zero-order valence-electron chi connectivity index (χ0n) is 10.8. The molecule has 2 aromatic carbocycles. The van der Waals surface area contributed by atoms with E-state index in [2.05, 4.69) is 6.07 Å². The van der Waals surface area contributed by atoms with E-state index >= 15 is 0 Å². The highest BCUT2D eigenvalue weighted by molar-refractivity contribution is 5.56. The second kappa shape index (κ2) is 5.32. The zero-order valence-corrected chi connectivity index (χ0v) is 10.8. The topological polar surface area (TPSA) is 68.3 Å². The first-order valence-corrected chi connectivity index (χ1v) is 5.76. The van der Waals surface area contributed by atoms with E-state index in [1.165, 1.54) is 0 Å². The third-order valence-electron chi connectivity index (χ3n) is 2.76. The van der Waals surface area contributed by atoms with Gasteiger partial charge in [-0.15, -0.1) is 0 Å². The van der Waals surface area contributed by atoms with Crippen LogP contribution in [0.25, 0.3) is 0 Å². The highest BCUT2D eigenvalue weighted by Gasteiger charge is 2.04. The predicted octanol–water partition coefficient (Wildman–Crippen LogP) is 3.25. The van der Waals surface area contributed by atoms with Gasteiger partial charge in [-0.3, -0.25) is 0 Å². The fourth-order valence-electron chi connectivity index (χ4n) is 1.74. The minimum absolute atomic E-state index is 0.519. The highest BCUT2D eigenvalue weighted by Crippen LogP contribution is 2.29. The fraction of sp³-hybridized carbons (Fsp3) is 0.133. The van der Waals surface area contributed by atoms with E-state index in [4.69, 9.17) is 20.5 Å². The van der Waals surface area contributed by atoms with Gasteiger partial charge in [-0.25, -0.2) is 0 Å². The normalized spacial score (nSPS) is 9.74. The molecule has 2 N–H and O–H groups in total. The Morgan fingerprint density at radius 1 is 1.11 bits per heavy atom. The summed E-state index contributed by atoms with van der Waals surface area (Å²) in [7, 11) is 1.57. The number of hydrogen-bond donors (Lipinski definition) is 1. The van der Waals surface area contributed by atoms with Crippen LogP contribution in [0.3, 0.4) is 0 Å². The molecule has 19 heavy (non-hydrogen) atoms. The van der Waals surface area contributed by atoms with Crippen LogP contribution in [-0.4, -0.2) is 7.11 Å². The van der Waals surface area contributed by atoms with Crippen LogP contribution in [0, 0.1) is 18.3 Å². The Kier molecular flexibility index (Phi) is 3.58. The lowest BCUT2D eigenvalue weighted by Crippen LogP contribution is -1.93. The minimum Gasteiger partial charge on any atom is -0.495 e. The number of nitriles is 1. The van der Waals surface area contributed by atoms with Gasteiger partial charge in [-0.1, -0.05) is 0 Å². The first-order valence-electron chi connectivity index (χ1n) is 5.76. The first-order chi connectivity index (χ1) is 9.13. The lowest BCUT2D eigenvalue weighted by Gasteiger charge is -2.09. The number of rotatable bonds is 3. The van der Waals surface area contributed by atoms with Gasteiger partial charge in [0, 0.05) is 6.07 Å². The van der Waals surface area contributed by atoms with Crippen molar-refractivity contribution in [1.29, 1.82) is 5.26 Å². The Balaban J connectivity index is 2.24. The van der Waals surface area contributed by atoms with Gasteiger partial charge in [-0.05, 0) is 42.8 Å². The summed E-state index contributed by atoms with van der Waals surface area (Å²) >= 11 is 0. The van der Waals surface area contributed by atoms with Gasteiger partial charge in [0.15, 0.2) is 0 Å². The van der Waals surface area contributed by atoms with Crippen molar-refractivity contribution in [3.63, 3.8) is 0 Å². The third-order valence-corrected chi connectivity index (χ3v) is 2.76. The summed E-state index contributed by atoms with van der Waals surface area (Å²) in [5.74, 6) is 1.91. The monoisotopic (exact) mass is 254 g/mol. The summed E-state index contributed by atoms with van der Waals surface area (Å²) < 4.78 is 10.8. The van der Waals surface area contributed by atoms with Crippen molar-refractivity contribution in [2.24, 2.45) is 0 Å². The molecule has 0 fully saturated rings. The van der Waals surface area contributed by atoms with Crippen LogP contribution in [-0.2, 0) is 0 Å². The molecule has 0 aliphatic rings. The molecule has 0 heterocycles. The van der Waals surface area contributed by atoms with E-state index in [9.17, 15) is 0 Å². The number of methoxy groups -OCH3 is 1. The van der Waals surface area contributed by atoms with Gasteiger partial charge in [0.05, 0.1) is 24.4 Å². The summed E-state index contributed by atoms with van der Waals surface area (Å²) in [6, 6.07) is 12.7. The SMILES string of the molecule is COc1ccc(Oc2ccc(C#N)c(C)c2)cc1N. The van der Waals surface area contributed by atoms with E-state index in [1.807, 2.05) is 13.0 Å². The van der Waals surface area contributed by atoms with Gasteiger partial charge in [0.25, 0.3) is 0 Å². The molecule has 96 valence electrons. The van der Waals surface area contributed by atoms with Crippen molar-refractivity contribution in [1.82, 2.24) is 0 Å². The molecular weight excluding hydrogens is 240 g/mol. The lowest BCUT2D eigenvalue weighted by atomic mass is 10.1. The number of aryl methyl sites for hydroxylation is 1. The molecule has 0 aliphatic carbocycles. The average molecular weight is 254 g/mol. The quantitative estimate of drug-likeness (QED) is 0.854. The van der Waals surface area contributed by atoms with Crippen LogP contribution in [0.2, 0.25) is 0 Å². The maximum Gasteiger partial charge on any atom is 0.142 e. The maximum absolute atomic E-state index is 8.87. The van der Waals surface area contributed by atoms with Crippen molar-refractivity contribution in [3.05, 3.63) is 47.5 Å². The van der Waals surface area contributed by atoms with Crippen molar-refractivity contribution in [3.8, 4) is 23.3 Å². The van der Waals surface area contributed by atoms with Crippen molar-refractivity contribution >= 4 is 5.69 Å². The molecule has 0 aliphatic heterocycles. The average Bonchev–Trinajstić information content (AvgIpc) is 2.39.